The molecule has 1 aromatic carbocycles. The molecule has 4 bridgehead atoms. The molecule has 1 amide bonds. The molecule has 4 aliphatic carbocycles. The third-order valence-corrected chi connectivity index (χ3v) is 7.22. The van der Waals surface area contributed by atoms with Gasteiger partial charge in [-0.15, -0.1) is 0 Å². The number of hydrogen-bond donors (Lipinski definition) is 1. The molecule has 146 valence electrons. The number of esters is 1. The van der Waals surface area contributed by atoms with Crippen molar-refractivity contribution < 1.29 is 14.3 Å². The lowest BCUT2D eigenvalue weighted by atomic mass is 9.52. The van der Waals surface area contributed by atoms with E-state index in [0.717, 1.165) is 29.5 Å². The van der Waals surface area contributed by atoms with Gasteiger partial charge in [-0.3, -0.25) is 9.59 Å². The van der Waals surface area contributed by atoms with E-state index in [4.69, 9.17) is 4.74 Å². The van der Waals surface area contributed by atoms with E-state index in [1.165, 1.54) is 32.1 Å². The van der Waals surface area contributed by atoms with Crippen molar-refractivity contribution in [2.45, 2.75) is 58.3 Å². The van der Waals surface area contributed by atoms with Crippen LogP contribution in [0.4, 0.5) is 5.69 Å². The highest BCUT2D eigenvalue weighted by atomic mass is 16.5. The minimum absolute atomic E-state index is 0.0259. The minimum Gasteiger partial charge on any atom is -0.455 e. The number of ether oxygens (including phenoxy) is 1. The maximum atomic E-state index is 12.7. The van der Waals surface area contributed by atoms with Crippen molar-refractivity contribution in [3.8, 4) is 0 Å². The zero-order valence-electron chi connectivity index (χ0n) is 16.4. The number of hydrogen-bond acceptors (Lipinski definition) is 3. The van der Waals surface area contributed by atoms with Gasteiger partial charge in [-0.25, -0.2) is 0 Å². The molecular formula is C23H31NO3. The van der Waals surface area contributed by atoms with Gasteiger partial charge >= 0.3 is 5.97 Å². The molecule has 4 saturated carbocycles. The Kier molecular flexibility index (Phi) is 5.25. The first-order valence-electron chi connectivity index (χ1n) is 10.6. The Morgan fingerprint density at radius 3 is 2.33 bits per heavy atom. The third kappa shape index (κ3) is 3.76. The molecule has 0 aromatic heterocycles. The zero-order valence-corrected chi connectivity index (χ0v) is 16.4. The Balaban J connectivity index is 1.33. The van der Waals surface area contributed by atoms with E-state index < -0.39 is 0 Å². The van der Waals surface area contributed by atoms with E-state index in [-0.39, 0.29) is 24.4 Å². The Morgan fingerprint density at radius 2 is 1.70 bits per heavy atom. The molecule has 5 rings (SSSR count). The van der Waals surface area contributed by atoms with Crippen molar-refractivity contribution in [3.63, 3.8) is 0 Å². The standard InChI is InChI=1S/C23H31NO3/c1-3-14(2)19-6-4-5-7-20(19)24-21(25)13-27-23(26)22-17-9-15-8-16(11-17)12-18(22)10-15/h4-7,14-18,22H,3,8-13H2,1-2H3,(H,24,25)/t14-,15?,16?,17?,18?,22?/m0/s1. The van der Waals surface area contributed by atoms with E-state index >= 15 is 0 Å². The van der Waals surface area contributed by atoms with Crippen molar-refractivity contribution in [1.82, 2.24) is 0 Å². The Labute approximate surface area is 162 Å². The average molecular weight is 370 g/mol. The number of rotatable bonds is 6. The van der Waals surface area contributed by atoms with Crippen LogP contribution in [0.3, 0.4) is 0 Å². The topological polar surface area (TPSA) is 55.4 Å². The highest BCUT2D eigenvalue weighted by Gasteiger charge is 2.51. The predicted octanol–water partition coefficient (Wildman–Crippen LogP) is 4.75. The lowest BCUT2D eigenvalue weighted by molar-refractivity contribution is -0.164. The summed E-state index contributed by atoms with van der Waals surface area (Å²) < 4.78 is 5.48. The van der Waals surface area contributed by atoms with Crippen molar-refractivity contribution in [2.24, 2.45) is 29.6 Å². The predicted molar refractivity (Wildman–Crippen MR) is 105 cm³/mol. The van der Waals surface area contributed by atoms with Crippen LogP contribution >= 0.6 is 0 Å². The highest BCUT2D eigenvalue weighted by Crippen LogP contribution is 2.56. The van der Waals surface area contributed by atoms with Gasteiger partial charge in [0.15, 0.2) is 6.61 Å². The molecule has 4 heteroatoms. The summed E-state index contributed by atoms with van der Waals surface area (Å²) in [7, 11) is 0. The van der Waals surface area contributed by atoms with Crippen LogP contribution < -0.4 is 5.32 Å². The molecule has 0 saturated heterocycles. The van der Waals surface area contributed by atoms with Gasteiger partial charge in [0.25, 0.3) is 5.91 Å². The van der Waals surface area contributed by atoms with E-state index in [1.54, 1.807) is 0 Å². The number of nitrogens with one attached hydrogen (secondary N) is 1. The Bertz CT molecular complexity index is 685. The molecule has 1 atom stereocenters. The van der Waals surface area contributed by atoms with Gasteiger partial charge in [0.05, 0.1) is 5.92 Å². The van der Waals surface area contributed by atoms with Gasteiger partial charge in [-0.2, -0.15) is 0 Å². The van der Waals surface area contributed by atoms with E-state index in [1.807, 2.05) is 24.3 Å². The van der Waals surface area contributed by atoms with Crippen LogP contribution in [0.15, 0.2) is 24.3 Å². The summed E-state index contributed by atoms with van der Waals surface area (Å²) in [6.45, 7) is 4.10. The molecule has 0 heterocycles. The third-order valence-electron chi connectivity index (χ3n) is 7.22. The maximum absolute atomic E-state index is 12.7. The largest absolute Gasteiger partial charge is 0.455 e. The highest BCUT2D eigenvalue weighted by molar-refractivity contribution is 5.93. The molecule has 0 radical (unpaired) electrons. The summed E-state index contributed by atoms with van der Waals surface area (Å²) in [5.41, 5.74) is 1.95. The molecule has 0 aliphatic heterocycles. The van der Waals surface area contributed by atoms with Crippen LogP contribution in [0, 0.1) is 29.6 Å². The van der Waals surface area contributed by atoms with Crippen LogP contribution in [0.25, 0.3) is 0 Å². The number of amides is 1. The summed E-state index contributed by atoms with van der Waals surface area (Å²) in [5.74, 6) is 2.65. The fraction of sp³-hybridized carbons (Fsp3) is 0.652. The van der Waals surface area contributed by atoms with Gasteiger partial charge in [0, 0.05) is 5.69 Å². The molecule has 27 heavy (non-hydrogen) atoms. The van der Waals surface area contributed by atoms with Gasteiger partial charge in [-0.05, 0) is 79.7 Å². The second kappa shape index (κ2) is 7.65. The average Bonchev–Trinajstić information content (AvgIpc) is 2.65. The van der Waals surface area contributed by atoms with Crippen LogP contribution in [-0.4, -0.2) is 18.5 Å². The van der Waals surface area contributed by atoms with Crippen LogP contribution in [-0.2, 0) is 14.3 Å². The molecule has 4 nitrogen and oxygen atoms in total. The Morgan fingerprint density at radius 1 is 1.07 bits per heavy atom. The summed E-state index contributed by atoms with van der Waals surface area (Å²) in [4.78, 5) is 25.1. The van der Waals surface area contributed by atoms with Crippen molar-refractivity contribution in [3.05, 3.63) is 29.8 Å². The quantitative estimate of drug-likeness (QED) is 0.736. The normalized spacial score (nSPS) is 32.1. The van der Waals surface area contributed by atoms with E-state index in [9.17, 15) is 9.59 Å². The van der Waals surface area contributed by atoms with Crippen molar-refractivity contribution in [1.29, 1.82) is 0 Å². The number of carbonyl (C=O) groups is 2. The molecule has 4 aliphatic rings. The van der Waals surface area contributed by atoms with E-state index in [0.29, 0.717) is 17.8 Å². The van der Waals surface area contributed by atoms with Gasteiger partial charge in [0.2, 0.25) is 0 Å². The molecule has 0 unspecified atom stereocenters. The number of para-hydroxylation sites is 1. The second-order valence-corrected chi connectivity index (χ2v) is 9.01. The second-order valence-electron chi connectivity index (χ2n) is 9.01. The first-order valence-corrected chi connectivity index (χ1v) is 10.6. The lowest BCUT2D eigenvalue weighted by Gasteiger charge is -2.53. The summed E-state index contributed by atoms with van der Waals surface area (Å²) >= 11 is 0. The SMILES string of the molecule is CC[C@H](C)c1ccccc1NC(=O)COC(=O)C1C2CC3CC(C2)CC1C3. The first-order chi connectivity index (χ1) is 13.0. The first kappa shape index (κ1) is 18.5. The zero-order chi connectivity index (χ0) is 19.0. The fourth-order valence-corrected chi connectivity index (χ4v) is 5.99. The smallest absolute Gasteiger partial charge is 0.310 e. The maximum Gasteiger partial charge on any atom is 0.310 e. The van der Waals surface area contributed by atoms with Crippen LogP contribution in [0.5, 0.6) is 0 Å². The summed E-state index contributed by atoms with van der Waals surface area (Å²) in [6, 6.07) is 7.87. The molecular weight excluding hydrogens is 338 g/mol. The molecule has 0 spiro atoms. The summed E-state index contributed by atoms with van der Waals surface area (Å²) in [5, 5.41) is 2.93. The number of anilines is 1. The van der Waals surface area contributed by atoms with Gasteiger partial charge in [-0.1, -0.05) is 32.0 Å². The molecule has 1 aromatic rings. The van der Waals surface area contributed by atoms with E-state index in [2.05, 4.69) is 19.2 Å². The minimum atomic E-state index is -0.247. The van der Waals surface area contributed by atoms with Crippen LogP contribution in [0.2, 0.25) is 0 Å². The number of benzene rings is 1. The molecule has 1 N–H and O–H groups in total. The summed E-state index contributed by atoms with van der Waals surface area (Å²) in [6.07, 6.45) is 7.10. The van der Waals surface area contributed by atoms with Gasteiger partial charge < -0.3 is 10.1 Å². The van der Waals surface area contributed by atoms with Crippen molar-refractivity contribution >= 4 is 17.6 Å². The van der Waals surface area contributed by atoms with Gasteiger partial charge in [0.1, 0.15) is 0 Å². The monoisotopic (exact) mass is 369 g/mol. The number of carbonyl (C=O) groups excluding carboxylic acids is 2. The lowest BCUT2D eigenvalue weighted by Crippen LogP contribution is -2.48. The molecule has 4 fully saturated rings. The Hall–Kier alpha value is -1.84. The van der Waals surface area contributed by atoms with Crippen LogP contribution in [0.1, 0.15) is 63.9 Å². The fourth-order valence-electron chi connectivity index (χ4n) is 5.99. The van der Waals surface area contributed by atoms with Crippen molar-refractivity contribution in [2.75, 3.05) is 11.9 Å².